The van der Waals surface area contributed by atoms with Gasteiger partial charge in [0.05, 0.1) is 0 Å². The standard InChI is InChI=1S/C10H16O.C4H8O/c1-7-4-8(2)10(6-11)9(3)5-7;1-3-4(2)5/h4,6,8-10H,5H2,1-3H3;3H2,1-2H3. The third-order valence-corrected chi connectivity index (χ3v) is 3.11. The molecule has 3 atom stereocenters. The molecule has 0 radical (unpaired) electrons. The Hall–Kier alpha value is -0.920. The first-order chi connectivity index (χ1) is 7.42. The van der Waals surface area contributed by atoms with Crippen molar-refractivity contribution in [2.45, 2.75) is 47.5 Å². The van der Waals surface area contributed by atoms with Gasteiger partial charge in [0.1, 0.15) is 12.1 Å². The monoisotopic (exact) mass is 224 g/mol. The maximum Gasteiger partial charge on any atom is 0.129 e. The van der Waals surface area contributed by atoms with E-state index in [0.717, 1.165) is 12.7 Å². The summed E-state index contributed by atoms with van der Waals surface area (Å²) in [5.74, 6) is 1.48. The molecule has 2 heteroatoms. The smallest absolute Gasteiger partial charge is 0.129 e. The van der Waals surface area contributed by atoms with Crippen molar-refractivity contribution in [1.29, 1.82) is 0 Å². The molecular formula is C14H24O2. The second-order valence-electron chi connectivity index (χ2n) is 4.82. The zero-order chi connectivity index (χ0) is 12.7. The van der Waals surface area contributed by atoms with E-state index in [1.807, 2.05) is 6.92 Å². The molecule has 0 heterocycles. The van der Waals surface area contributed by atoms with Gasteiger partial charge in [-0.05, 0) is 32.1 Å². The second kappa shape index (κ2) is 7.37. The molecule has 1 aliphatic carbocycles. The third-order valence-electron chi connectivity index (χ3n) is 3.11. The number of ketones is 1. The van der Waals surface area contributed by atoms with Gasteiger partial charge in [-0.3, -0.25) is 0 Å². The van der Waals surface area contributed by atoms with Crippen LogP contribution in [0.5, 0.6) is 0 Å². The Morgan fingerprint density at radius 3 is 2.31 bits per heavy atom. The molecule has 92 valence electrons. The lowest BCUT2D eigenvalue weighted by atomic mass is 9.76. The summed E-state index contributed by atoms with van der Waals surface area (Å²) in [6.45, 7) is 9.86. The van der Waals surface area contributed by atoms with E-state index >= 15 is 0 Å². The zero-order valence-electron chi connectivity index (χ0n) is 11.1. The Morgan fingerprint density at radius 1 is 1.50 bits per heavy atom. The van der Waals surface area contributed by atoms with Crippen LogP contribution in [-0.4, -0.2) is 12.1 Å². The van der Waals surface area contributed by atoms with Gasteiger partial charge in [0.15, 0.2) is 0 Å². The van der Waals surface area contributed by atoms with Crippen molar-refractivity contribution in [1.82, 2.24) is 0 Å². The normalized spacial score (nSPS) is 28.6. The SMILES string of the molecule is CC1=CC(C)C(C=O)C(C)C1.CCC(C)=O. The number of rotatable bonds is 2. The summed E-state index contributed by atoms with van der Waals surface area (Å²) in [4.78, 5) is 20.5. The van der Waals surface area contributed by atoms with Crippen molar-refractivity contribution in [3.8, 4) is 0 Å². The summed E-state index contributed by atoms with van der Waals surface area (Å²) in [6, 6.07) is 0. The van der Waals surface area contributed by atoms with Crippen LogP contribution in [0.15, 0.2) is 11.6 Å². The van der Waals surface area contributed by atoms with Gasteiger partial charge in [-0.1, -0.05) is 32.4 Å². The van der Waals surface area contributed by atoms with Crippen LogP contribution >= 0.6 is 0 Å². The first-order valence-electron chi connectivity index (χ1n) is 6.04. The fourth-order valence-corrected chi connectivity index (χ4v) is 2.05. The molecule has 16 heavy (non-hydrogen) atoms. The molecule has 3 unspecified atom stereocenters. The van der Waals surface area contributed by atoms with E-state index in [2.05, 4.69) is 26.8 Å². The number of Topliss-reactive ketones (excluding diaryl/α,β-unsaturated/α-hetero) is 1. The van der Waals surface area contributed by atoms with E-state index in [9.17, 15) is 9.59 Å². The highest BCUT2D eigenvalue weighted by molar-refractivity contribution is 5.74. The number of allylic oxidation sites excluding steroid dienone is 2. The molecular weight excluding hydrogens is 200 g/mol. The Morgan fingerprint density at radius 2 is 2.00 bits per heavy atom. The fourth-order valence-electron chi connectivity index (χ4n) is 2.05. The third kappa shape index (κ3) is 5.24. The maximum atomic E-state index is 10.7. The largest absolute Gasteiger partial charge is 0.303 e. The van der Waals surface area contributed by atoms with Crippen LogP contribution in [0.1, 0.15) is 47.5 Å². The minimum Gasteiger partial charge on any atom is -0.303 e. The van der Waals surface area contributed by atoms with Gasteiger partial charge < -0.3 is 9.59 Å². The average molecular weight is 224 g/mol. The molecule has 0 spiro atoms. The Labute approximate surface area is 99.1 Å². The van der Waals surface area contributed by atoms with Crippen molar-refractivity contribution in [3.05, 3.63) is 11.6 Å². The first kappa shape index (κ1) is 15.1. The molecule has 1 rings (SSSR count). The van der Waals surface area contributed by atoms with Gasteiger partial charge in [-0.25, -0.2) is 0 Å². The van der Waals surface area contributed by atoms with Gasteiger partial charge in [0.25, 0.3) is 0 Å². The molecule has 0 aliphatic heterocycles. The molecule has 0 saturated heterocycles. The van der Waals surface area contributed by atoms with Crippen LogP contribution in [0.4, 0.5) is 0 Å². The molecule has 0 aromatic rings. The van der Waals surface area contributed by atoms with Gasteiger partial charge in [-0.15, -0.1) is 0 Å². The summed E-state index contributed by atoms with van der Waals surface area (Å²) >= 11 is 0. The Balaban J connectivity index is 0.000000385. The van der Waals surface area contributed by atoms with Crippen LogP contribution in [0.2, 0.25) is 0 Å². The Kier molecular flexibility index (Phi) is 6.95. The van der Waals surface area contributed by atoms with E-state index in [4.69, 9.17) is 0 Å². The molecule has 0 fully saturated rings. The van der Waals surface area contributed by atoms with Crippen LogP contribution in [-0.2, 0) is 9.59 Å². The van der Waals surface area contributed by atoms with Crippen molar-refractivity contribution in [2.75, 3.05) is 0 Å². The topological polar surface area (TPSA) is 34.1 Å². The molecule has 0 aromatic heterocycles. The zero-order valence-corrected chi connectivity index (χ0v) is 11.1. The molecule has 0 N–H and O–H groups in total. The van der Waals surface area contributed by atoms with Crippen LogP contribution in [0, 0.1) is 17.8 Å². The lowest BCUT2D eigenvalue weighted by Gasteiger charge is -2.28. The fraction of sp³-hybridized carbons (Fsp3) is 0.714. The quantitative estimate of drug-likeness (QED) is 0.532. The molecule has 0 aromatic carbocycles. The summed E-state index contributed by atoms with van der Waals surface area (Å²) in [6.07, 6.45) is 5.09. The number of carbonyl (C=O) groups excluding carboxylic acids is 2. The van der Waals surface area contributed by atoms with Gasteiger partial charge in [0, 0.05) is 12.3 Å². The van der Waals surface area contributed by atoms with Crippen molar-refractivity contribution < 1.29 is 9.59 Å². The first-order valence-corrected chi connectivity index (χ1v) is 6.04. The van der Waals surface area contributed by atoms with Crippen LogP contribution < -0.4 is 0 Å². The molecule has 0 amide bonds. The summed E-state index contributed by atoms with van der Waals surface area (Å²) < 4.78 is 0. The van der Waals surface area contributed by atoms with Crippen LogP contribution in [0.3, 0.4) is 0 Å². The summed E-state index contributed by atoms with van der Waals surface area (Å²) in [5, 5.41) is 0. The summed E-state index contributed by atoms with van der Waals surface area (Å²) in [7, 11) is 0. The van der Waals surface area contributed by atoms with Gasteiger partial charge in [-0.2, -0.15) is 0 Å². The number of carbonyl (C=O) groups is 2. The second-order valence-corrected chi connectivity index (χ2v) is 4.82. The molecule has 2 nitrogen and oxygen atoms in total. The predicted molar refractivity (Wildman–Crippen MR) is 67.2 cm³/mol. The maximum absolute atomic E-state index is 10.7. The lowest BCUT2D eigenvalue weighted by molar-refractivity contribution is -0.116. The molecule has 1 aliphatic rings. The number of hydrogen-bond acceptors (Lipinski definition) is 2. The lowest BCUT2D eigenvalue weighted by Crippen LogP contribution is -2.24. The molecule has 0 bridgehead atoms. The van der Waals surface area contributed by atoms with E-state index in [0.29, 0.717) is 18.3 Å². The van der Waals surface area contributed by atoms with Crippen molar-refractivity contribution >= 4 is 12.1 Å². The van der Waals surface area contributed by atoms with E-state index in [-0.39, 0.29) is 11.7 Å². The van der Waals surface area contributed by atoms with E-state index in [1.54, 1.807) is 6.92 Å². The van der Waals surface area contributed by atoms with E-state index in [1.165, 1.54) is 5.57 Å². The minimum atomic E-state index is 0.249. The highest BCUT2D eigenvalue weighted by atomic mass is 16.1. The van der Waals surface area contributed by atoms with E-state index < -0.39 is 0 Å². The minimum absolute atomic E-state index is 0.249. The highest BCUT2D eigenvalue weighted by Crippen LogP contribution is 2.31. The summed E-state index contributed by atoms with van der Waals surface area (Å²) in [5.41, 5.74) is 1.43. The number of aldehydes is 1. The molecule has 0 saturated carbocycles. The predicted octanol–water partition coefficient (Wildman–Crippen LogP) is 3.41. The average Bonchev–Trinajstić information content (AvgIpc) is 2.17. The Bertz CT molecular complexity index is 266. The van der Waals surface area contributed by atoms with Gasteiger partial charge in [0.2, 0.25) is 0 Å². The van der Waals surface area contributed by atoms with Crippen molar-refractivity contribution in [3.63, 3.8) is 0 Å². The number of hydrogen-bond donors (Lipinski definition) is 0. The van der Waals surface area contributed by atoms with Gasteiger partial charge >= 0.3 is 0 Å². The van der Waals surface area contributed by atoms with Crippen molar-refractivity contribution in [2.24, 2.45) is 17.8 Å². The highest BCUT2D eigenvalue weighted by Gasteiger charge is 2.25. The van der Waals surface area contributed by atoms with Crippen LogP contribution in [0.25, 0.3) is 0 Å².